The molecule has 1 saturated heterocycles. The van der Waals surface area contributed by atoms with Gasteiger partial charge in [-0.15, -0.1) is 11.3 Å². The van der Waals surface area contributed by atoms with E-state index in [0.717, 1.165) is 49.6 Å². The lowest BCUT2D eigenvalue weighted by atomic mass is 10.1. The summed E-state index contributed by atoms with van der Waals surface area (Å²) < 4.78 is 14.0. The van der Waals surface area contributed by atoms with Gasteiger partial charge in [-0.3, -0.25) is 14.7 Å². The smallest absolute Gasteiger partial charge is 0.222 e. The van der Waals surface area contributed by atoms with Gasteiger partial charge in [-0.1, -0.05) is 18.2 Å². The molecular formula is C23H24FN3OS. The molecule has 0 atom stereocenters. The predicted octanol–water partition coefficient (Wildman–Crippen LogP) is 4.23. The Labute approximate surface area is 174 Å². The number of rotatable bonds is 6. The summed E-state index contributed by atoms with van der Waals surface area (Å²) in [6.07, 6.45) is 4.83. The maximum atomic E-state index is 14.0. The SMILES string of the molecule is O=C(CCc1ccncc1)N1CCN(Cc2ccc(-c3ccccc3F)s2)CC1. The average molecular weight is 410 g/mol. The molecule has 1 aromatic carbocycles. The fraction of sp³-hybridized carbons (Fsp3) is 0.304. The van der Waals surface area contributed by atoms with Crippen LogP contribution in [0.1, 0.15) is 16.9 Å². The number of aromatic nitrogens is 1. The molecule has 3 heterocycles. The first-order valence-electron chi connectivity index (χ1n) is 9.92. The molecule has 0 aliphatic carbocycles. The van der Waals surface area contributed by atoms with Crippen molar-refractivity contribution in [2.24, 2.45) is 0 Å². The Hall–Kier alpha value is -2.57. The van der Waals surface area contributed by atoms with E-state index in [1.165, 1.54) is 10.9 Å². The van der Waals surface area contributed by atoms with Gasteiger partial charge >= 0.3 is 0 Å². The number of pyridine rings is 1. The molecule has 4 nitrogen and oxygen atoms in total. The molecule has 1 amide bonds. The quantitative estimate of drug-likeness (QED) is 0.611. The van der Waals surface area contributed by atoms with Gasteiger partial charge in [0.2, 0.25) is 5.91 Å². The minimum atomic E-state index is -0.181. The van der Waals surface area contributed by atoms with Gasteiger partial charge in [-0.25, -0.2) is 4.39 Å². The van der Waals surface area contributed by atoms with E-state index in [4.69, 9.17) is 0 Å². The lowest BCUT2D eigenvalue weighted by Gasteiger charge is -2.34. The van der Waals surface area contributed by atoms with E-state index in [2.05, 4.69) is 16.0 Å². The van der Waals surface area contributed by atoms with Crippen LogP contribution in [0.15, 0.2) is 60.9 Å². The number of amides is 1. The Bertz CT molecular complexity index is 952. The second-order valence-electron chi connectivity index (χ2n) is 7.26. The van der Waals surface area contributed by atoms with E-state index in [0.29, 0.717) is 12.0 Å². The van der Waals surface area contributed by atoms with Crippen molar-refractivity contribution in [1.82, 2.24) is 14.8 Å². The van der Waals surface area contributed by atoms with Crippen LogP contribution in [0, 0.1) is 5.82 Å². The Kier molecular flexibility index (Phi) is 6.32. The van der Waals surface area contributed by atoms with E-state index in [-0.39, 0.29) is 11.7 Å². The van der Waals surface area contributed by atoms with Crippen LogP contribution in [0.4, 0.5) is 4.39 Å². The van der Waals surface area contributed by atoms with Crippen molar-refractivity contribution in [3.63, 3.8) is 0 Å². The highest BCUT2D eigenvalue weighted by molar-refractivity contribution is 7.15. The second-order valence-corrected chi connectivity index (χ2v) is 8.43. The van der Waals surface area contributed by atoms with E-state index >= 15 is 0 Å². The van der Waals surface area contributed by atoms with Crippen LogP contribution in [-0.4, -0.2) is 46.9 Å². The summed E-state index contributed by atoms with van der Waals surface area (Å²) in [5.74, 6) is 0.0409. The molecule has 1 aliphatic rings. The third kappa shape index (κ3) is 5.08. The van der Waals surface area contributed by atoms with E-state index < -0.39 is 0 Å². The molecule has 0 bridgehead atoms. The Morgan fingerprint density at radius 1 is 1.00 bits per heavy atom. The maximum Gasteiger partial charge on any atom is 0.222 e. The van der Waals surface area contributed by atoms with Crippen molar-refractivity contribution in [3.8, 4) is 10.4 Å². The molecule has 4 rings (SSSR count). The second kappa shape index (κ2) is 9.29. The highest BCUT2D eigenvalue weighted by Gasteiger charge is 2.21. The Balaban J connectivity index is 1.26. The van der Waals surface area contributed by atoms with Gasteiger partial charge in [0.15, 0.2) is 0 Å². The molecule has 0 saturated carbocycles. The van der Waals surface area contributed by atoms with Gasteiger partial charge in [0.05, 0.1) is 0 Å². The number of aryl methyl sites for hydroxylation is 1. The zero-order chi connectivity index (χ0) is 20.1. The van der Waals surface area contributed by atoms with Crippen molar-refractivity contribution in [2.45, 2.75) is 19.4 Å². The summed E-state index contributed by atoms with van der Waals surface area (Å²) in [5.41, 5.74) is 1.81. The summed E-state index contributed by atoms with van der Waals surface area (Å²) in [6, 6.07) is 14.9. The first-order chi connectivity index (χ1) is 14.2. The largest absolute Gasteiger partial charge is 0.340 e. The number of carbonyl (C=O) groups excluding carboxylic acids is 1. The van der Waals surface area contributed by atoms with Crippen LogP contribution in [0.3, 0.4) is 0 Å². The van der Waals surface area contributed by atoms with Crippen molar-refractivity contribution < 1.29 is 9.18 Å². The van der Waals surface area contributed by atoms with Crippen LogP contribution >= 0.6 is 11.3 Å². The van der Waals surface area contributed by atoms with Crippen LogP contribution in [0.2, 0.25) is 0 Å². The van der Waals surface area contributed by atoms with Crippen LogP contribution in [0.25, 0.3) is 10.4 Å². The lowest BCUT2D eigenvalue weighted by Crippen LogP contribution is -2.48. The van der Waals surface area contributed by atoms with Crippen LogP contribution in [-0.2, 0) is 17.8 Å². The Morgan fingerprint density at radius 3 is 2.52 bits per heavy atom. The van der Waals surface area contributed by atoms with Crippen molar-refractivity contribution in [3.05, 3.63) is 77.2 Å². The number of halogens is 1. The molecule has 0 N–H and O–H groups in total. The van der Waals surface area contributed by atoms with Crippen molar-refractivity contribution in [1.29, 1.82) is 0 Å². The summed E-state index contributed by atoms with van der Waals surface area (Å²) in [4.78, 5) is 23.0. The highest BCUT2D eigenvalue weighted by Crippen LogP contribution is 2.30. The number of benzene rings is 1. The number of nitrogens with zero attached hydrogens (tertiary/aromatic N) is 3. The highest BCUT2D eigenvalue weighted by atomic mass is 32.1. The maximum absolute atomic E-state index is 14.0. The van der Waals surface area contributed by atoms with Gasteiger partial charge < -0.3 is 4.90 Å². The molecule has 0 spiro atoms. The molecule has 0 unspecified atom stereocenters. The fourth-order valence-corrected chi connectivity index (χ4v) is 4.68. The van der Waals surface area contributed by atoms with E-state index in [1.807, 2.05) is 35.2 Å². The average Bonchev–Trinajstić information content (AvgIpc) is 3.22. The molecule has 6 heteroatoms. The number of hydrogen-bond acceptors (Lipinski definition) is 4. The van der Waals surface area contributed by atoms with Gasteiger partial charge in [-0.2, -0.15) is 0 Å². The minimum absolute atomic E-state index is 0.181. The normalized spacial score (nSPS) is 14.9. The summed E-state index contributed by atoms with van der Waals surface area (Å²) in [5, 5.41) is 0. The fourth-order valence-electron chi connectivity index (χ4n) is 3.60. The number of piperazine rings is 1. The Morgan fingerprint density at radius 2 is 1.76 bits per heavy atom. The first kappa shape index (κ1) is 19.7. The van der Waals surface area contributed by atoms with Gasteiger partial charge in [-0.05, 0) is 42.3 Å². The van der Waals surface area contributed by atoms with E-state index in [9.17, 15) is 9.18 Å². The number of thiophene rings is 1. The summed E-state index contributed by atoms with van der Waals surface area (Å²) in [6.45, 7) is 4.11. The third-order valence-electron chi connectivity index (χ3n) is 5.28. The molecule has 0 radical (unpaired) electrons. The molecule has 150 valence electrons. The third-order valence-corrected chi connectivity index (χ3v) is 6.39. The van der Waals surface area contributed by atoms with Gasteiger partial charge in [0, 0.05) is 66.9 Å². The standard InChI is InChI=1S/C23H24FN3OS/c24-21-4-2-1-3-20(21)22-7-6-19(29-22)17-26-13-15-27(16-14-26)23(28)8-5-18-9-11-25-12-10-18/h1-4,6-7,9-12H,5,8,13-17H2. The predicted molar refractivity (Wildman–Crippen MR) is 114 cm³/mol. The van der Waals surface area contributed by atoms with Crippen molar-refractivity contribution >= 4 is 17.2 Å². The monoisotopic (exact) mass is 409 g/mol. The van der Waals surface area contributed by atoms with Crippen molar-refractivity contribution in [2.75, 3.05) is 26.2 Å². The molecule has 29 heavy (non-hydrogen) atoms. The first-order valence-corrected chi connectivity index (χ1v) is 10.7. The van der Waals surface area contributed by atoms with Gasteiger partial charge in [0.1, 0.15) is 5.82 Å². The molecule has 2 aromatic heterocycles. The summed E-state index contributed by atoms with van der Waals surface area (Å²) >= 11 is 1.64. The van der Waals surface area contributed by atoms with Crippen LogP contribution < -0.4 is 0 Å². The summed E-state index contributed by atoms with van der Waals surface area (Å²) in [7, 11) is 0. The lowest BCUT2D eigenvalue weighted by molar-refractivity contribution is -0.132. The number of hydrogen-bond donors (Lipinski definition) is 0. The molecular weight excluding hydrogens is 385 g/mol. The molecule has 1 fully saturated rings. The zero-order valence-corrected chi connectivity index (χ0v) is 17.1. The number of carbonyl (C=O) groups is 1. The van der Waals surface area contributed by atoms with Gasteiger partial charge in [0.25, 0.3) is 0 Å². The molecule has 1 aliphatic heterocycles. The topological polar surface area (TPSA) is 36.4 Å². The molecule has 3 aromatic rings. The van der Waals surface area contributed by atoms with E-state index in [1.54, 1.807) is 29.8 Å². The van der Waals surface area contributed by atoms with Crippen LogP contribution in [0.5, 0.6) is 0 Å². The minimum Gasteiger partial charge on any atom is -0.340 e. The zero-order valence-electron chi connectivity index (χ0n) is 16.3.